The fourth-order valence-electron chi connectivity index (χ4n) is 16.7. The lowest BCUT2D eigenvalue weighted by Crippen LogP contribution is -2.79. The van der Waals surface area contributed by atoms with Gasteiger partial charge in [0.15, 0.2) is 27.4 Å². The van der Waals surface area contributed by atoms with E-state index in [2.05, 4.69) is 98.7 Å². The number of benzene rings is 2. The molecule has 2 saturated carbocycles. The molecular weight excluding hydrogens is 1130 g/mol. The first-order chi connectivity index (χ1) is 40.7. The topological polar surface area (TPSA) is 259 Å². The maximum atomic E-state index is 15.6. The van der Waals surface area contributed by atoms with E-state index < -0.39 is 68.1 Å². The summed E-state index contributed by atoms with van der Waals surface area (Å²) in [5, 5.41) is 48.1. The second-order valence-corrected chi connectivity index (χ2v) is 36.2. The Bertz CT molecular complexity index is 3150. The Morgan fingerprint density at radius 2 is 1.74 bits per heavy atom. The summed E-state index contributed by atoms with van der Waals surface area (Å²) in [5.41, 5.74) is 7.83. The highest BCUT2D eigenvalue weighted by Crippen LogP contribution is 2.73. The maximum Gasteiger partial charge on any atom is 0.322 e. The van der Waals surface area contributed by atoms with E-state index in [1.54, 1.807) is 31.3 Å². The number of azide groups is 1. The quantitative estimate of drug-likeness (QED) is 0.00480. The van der Waals surface area contributed by atoms with Crippen molar-refractivity contribution in [1.82, 2.24) is 25.2 Å². The number of fused-ring (bicyclic) bond motifs is 6. The third-order valence-corrected chi connectivity index (χ3v) is 29.7. The first-order valence-electron chi connectivity index (χ1n) is 30.5. The van der Waals surface area contributed by atoms with Crippen LogP contribution in [0.5, 0.6) is 5.75 Å². The monoisotopic (exact) mass is 1220 g/mol. The average molecular weight is 1220 g/mol. The summed E-state index contributed by atoms with van der Waals surface area (Å²) in [6.45, 7) is 17.1. The number of amides is 1. The highest BCUT2D eigenvalue weighted by molar-refractivity contribution is 8.00. The minimum Gasteiger partial charge on any atom is -0.496 e. The molecule has 2 aromatic carbocycles. The van der Waals surface area contributed by atoms with Crippen LogP contribution < -0.4 is 15.0 Å². The minimum absolute atomic E-state index is 0.0221. The second kappa shape index (κ2) is 25.3. The normalized spacial score (nSPS) is 30.3. The van der Waals surface area contributed by atoms with Crippen molar-refractivity contribution >= 4 is 56.9 Å². The van der Waals surface area contributed by atoms with Crippen molar-refractivity contribution in [3.8, 4) is 5.75 Å². The number of rotatable bonds is 25. The molecule has 23 heteroatoms. The van der Waals surface area contributed by atoms with Crippen molar-refractivity contribution in [1.29, 1.82) is 0 Å². The SMILES string of the molecule is CC[C@]1(O)C[C@@H]2CN(CCc3c([nH]c4ccccc34)[C@@](C(=O)OC)(c3cc4c(cc3OC)N(C)[C@H]3[C@@](O)(C(=O)NCCC[Si](C)(C)O[Si](C)(C)CSc5ncc(COCCOCCOCN=[N+]=[N-])cn5)[C@H](O)[C@]5(CC)C=CCC6CC[C@]43[C@@H]65)C2)C1. The number of piperidine rings is 1. The number of aromatic amines is 1. The van der Waals surface area contributed by atoms with Crippen molar-refractivity contribution < 1.29 is 52.7 Å². The number of aliphatic hydroxyl groups is 3. The molecule has 10 rings (SSSR count). The molecule has 5 heterocycles. The zero-order chi connectivity index (χ0) is 60.6. The van der Waals surface area contributed by atoms with E-state index in [1.165, 1.54) is 7.11 Å². The van der Waals surface area contributed by atoms with Gasteiger partial charge in [0.05, 0.1) is 58.9 Å². The molecule has 1 amide bonds. The number of esters is 1. The van der Waals surface area contributed by atoms with Crippen molar-refractivity contribution in [2.45, 2.75) is 150 Å². The van der Waals surface area contributed by atoms with Crippen LogP contribution in [0, 0.1) is 23.2 Å². The van der Waals surface area contributed by atoms with E-state index in [-0.39, 0.29) is 31.0 Å². The van der Waals surface area contributed by atoms with Gasteiger partial charge < -0.3 is 58.3 Å². The molecule has 6 aliphatic rings. The van der Waals surface area contributed by atoms with E-state index in [0.717, 1.165) is 63.2 Å². The van der Waals surface area contributed by atoms with E-state index in [9.17, 15) is 15.3 Å². The van der Waals surface area contributed by atoms with Crippen LogP contribution in [-0.2, 0) is 56.5 Å². The van der Waals surface area contributed by atoms with Gasteiger partial charge in [0.2, 0.25) is 0 Å². The molecule has 4 aromatic rings. The molecule has 1 spiro atoms. The summed E-state index contributed by atoms with van der Waals surface area (Å²) < 4.78 is 35.9. The van der Waals surface area contributed by atoms with E-state index in [1.807, 2.05) is 37.1 Å². The number of methoxy groups -OCH3 is 2. The van der Waals surface area contributed by atoms with Crippen molar-refractivity contribution in [3.63, 3.8) is 0 Å². The Morgan fingerprint density at radius 3 is 2.47 bits per heavy atom. The van der Waals surface area contributed by atoms with Crippen LogP contribution >= 0.6 is 11.8 Å². The first kappa shape index (κ1) is 63.1. The van der Waals surface area contributed by atoms with Crippen LogP contribution in [-0.4, -0.2) is 173 Å². The number of nitrogens with zero attached hydrogens (tertiary/aromatic N) is 7. The Kier molecular flexibility index (Phi) is 18.8. The van der Waals surface area contributed by atoms with Gasteiger partial charge in [-0.15, -0.1) is 0 Å². The largest absolute Gasteiger partial charge is 0.496 e. The summed E-state index contributed by atoms with van der Waals surface area (Å²) in [4.78, 5) is 51.1. The zero-order valence-corrected chi connectivity index (χ0v) is 54.0. The predicted molar refractivity (Wildman–Crippen MR) is 331 cm³/mol. The number of allylic oxidation sites excluding steroid dienone is 1. The number of thioether (sulfide) groups is 1. The molecule has 2 bridgehead atoms. The van der Waals surface area contributed by atoms with E-state index in [4.69, 9.17) is 33.3 Å². The summed E-state index contributed by atoms with van der Waals surface area (Å²) >= 11 is 1.58. The number of anilines is 1. The van der Waals surface area contributed by atoms with Crippen LogP contribution in [0.2, 0.25) is 32.2 Å². The Labute approximate surface area is 506 Å². The summed E-state index contributed by atoms with van der Waals surface area (Å²) in [5.74, 6) is -0.621. The molecule has 2 aromatic heterocycles. The van der Waals surface area contributed by atoms with Gasteiger partial charge in [0.25, 0.3) is 5.91 Å². The third kappa shape index (κ3) is 11.6. The first-order valence-corrected chi connectivity index (χ1v) is 37.7. The fourth-order valence-corrected chi connectivity index (χ4v) is 27.0. The van der Waals surface area contributed by atoms with Crippen molar-refractivity contribution in [3.05, 3.63) is 99.3 Å². The second-order valence-electron chi connectivity index (χ2n) is 26.1. The van der Waals surface area contributed by atoms with Gasteiger partial charge in [-0.3, -0.25) is 14.5 Å². The standard InChI is InChI=1S/C62H89N9O11SSi2/c1-10-58(75)32-41-33-61(56(74)78-5,52-45(20-24-71(36-41)38-58)44-17-12-13-18-48(44)68-52)47-30-46-49(31-50(47)77-4)70(3)53-60(46)22-19-43-16-14-21-59(11-2,51(43)60)54(72)62(53,76)55(73)64-23-15-29-84(6,7)82-85(8,9)40-83-57-65-34-42(35-66-57)37-80-27-25-79-26-28-81-39-67-69-63/h12-14,17-18,21,30-31,34-35,41,43,51,53-54,68,72,75-76H,10-11,15-16,19-20,22-29,32-33,36-40H2,1-9H3,(H,64,73)/t41-,43?,51-,53+,54+,58-,59+,60+,61-,62-/m0/s1. The van der Waals surface area contributed by atoms with Crippen molar-refractivity contribution in [2.75, 3.05) is 90.9 Å². The molecule has 462 valence electrons. The lowest BCUT2D eigenvalue weighted by atomic mass is 9.44. The number of para-hydroxylation sites is 1. The van der Waals surface area contributed by atoms with Crippen LogP contribution in [0.15, 0.2) is 71.2 Å². The van der Waals surface area contributed by atoms with Gasteiger partial charge in [-0.2, -0.15) is 0 Å². The number of likely N-dealkylation sites (N-methyl/N-ethyl adjacent to an activating group) is 1. The highest BCUT2D eigenvalue weighted by atomic mass is 32.2. The Hall–Kier alpha value is -4.89. The summed E-state index contributed by atoms with van der Waals surface area (Å²) in [6, 6.07) is 12.3. The number of hydrogen-bond donors (Lipinski definition) is 5. The average Bonchev–Trinajstić information content (AvgIpc) is 1.57. The number of hydrogen-bond acceptors (Lipinski definition) is 17. The number of ether oxygens (including phenoxy) is 5. The van der Waals surface area contributed by atoms with Crippen LogP contribution in [0.25, 0.3) is 21.3 Å². The number of aromatic nitrogens is 3. The molecule has 5 N–H and O–H groups in total. The van der Waals surface area contributed by atoms with Gasteiger partial charge in [-0.05, 0) is 137 Å². The number of nitrogens with one attached hydrogen (secondary N) is 2. The Balaban J connectivity index is 0.892. The van der Waals surface area contributed by atoms with Crippen LogP contribution in [0.1, 0.15) is 93.2 Å². The molecule has 85 heavy (non-hydrogen) atoms. The zero-order valence-electron chi connectivity index (χ0n) is 51.2. The molecule has 1 saturated heterocycles. The predicted octanol–water partition coefficient (Wildman–Crippen LogP) is 8.46. The van der Waals surface area contributed by atoms with E-state index >= 15 is 9.59 Å². The molecule has 20 nitrogen and oxygen atoms in total. The summed E-state index contributed by atoms with van der Waals surface area (Å²) in [6.07, 6.45) is 11.9. The fraction of sp³-hybridized carbons (Fsp3) is 0.645. The number of aliphatic hydroxyl groups excluding tert-OH is 1. The molecule has 0 radical (unpaired) electrons. The van der Waals surface area contributed by atoms with E-state index in [0.29, 0.717) is 114 Å². The number of H-pyrrole nitrogens is 1. The molecule has 3 aliphatic heterocycles. The lowest BCUT2D eigenvalue weighted by molar-refractivity contribution is -0.208. The smallest absolute Gasteiger partial charge is 0.322 e. The molecule has 11 atom stereocenters. The number of carbonyl (C=O) groups excluding carboxylic acids is 2. The Morgan fingerprint density at radius 1 is 0.988 bits per heavy atom. The molecule has 3 aliphatic carbocycles. The minimum atomic E-state index is -2.28. The van der Waals surface area contributed by atoms with Crippen LogP contribution in [0.3, 0.4) is 0 Å². The highest BCUT2D eigenvalue weighted by Gasteiger charge is 2.78. The molecule has 2 unspecified atom stereocenters. The maximum absolute atomic E-state index is 15.6. The third-order valence-electron chi connectivity index (χ3n) is 19.9. The molecular formula is C62H89N9O11SSi2. The van der Waals surface area contributed by atoms with Gasteiger partial charge in [-0.25, -0.2) is 9.97 Å². The lowest BCUT2D eigenvalue weighted by Gasteiger charge is -2.63. The van der Waals surface area contributed by atoms with Crippen molar-refractivity contribution in [2.24, 2.45) is 28.3 Å². The van der Waals surface area contributed by atoms with Gasteiger partial charge in [0, 0.05) is 106 Å². The van der Waals surface area contributed by atoms with Gasteiger partial charge >= 0.3 is 5.97 Å². The van der Waals surface area contributed by atoms with Crippen LogP contribution in [0.4, 0.5) is 5.69 Å². The number of carbonyl (C=O) groups is 2. The molecule has 3 fully saturated rings. The summed E-state index contributed by atoms with van der Waals surface area (Å²) in [7, 11) is 0.514. The van der Waals surface area contributed by atoms with Gasteiger partial charge in [-0.1, -0.05) is 61.1 Å². The van der Waals surface area contributed by atoms with Gasteiger partial charge in [0.1, 0.15) is 24.0 Å².